The van der Waals surface area contributed by atoms with E-state index in [2.05, 4.69) is 22.3 Å². The number of likely N-dealkylation sites (tertiary alicyclic amines) is 1. The molecule has 3 rings (SSSR count). The smallest absolute Gasteiger partial charge is 0.220 e. The molecule has 1 fully saturated rings. The van der Waals surface area contributed by atoms with Crippen LogP contribution in [-0.2, 0) is 17.8 Å². The van der Waals surface area contributed by atoms with Crippen LogP contribution in [0.15, 0.2) is 48.5 Å². The maximum Gasteiger partial charge on any atom is 0.220 e. The van der Waals surface area contributed by atoms with Gasteiger partial charge in [-0.1, -0.05) is 30.3 Å². The summed E-state index contributed by atoms with van der Waals surface area (Å²) in [6.07, 6.45) is 3.18. The number of nitrogens with zero attached hydrogens (tertiary/aromatic N) is 1. The monoisotopic (exact) mass is 396 g/mol. The Kier molecular flexibility index (Phi) is 7.94. The Labute approximate surface area is 174 Å². The van der Waals surface area contributed by atoms with Crippen molar-refractivity contribution in [1.29, 1.82) is 0 Å². The zero-order valence-corrected chi connectivity index (χ0v) is 17.5. The molecule has 2 aromatic carbocycles. The summed E-state index contributed by atoms with van der Waals surface area (Å²) in [5, 5.41) is 3.22. The van der Waals surface area contributed by atoms with Gasteiger partial charge in [-0.3, -0.25) is 9.69 Å². The SMILES string of the molecule is CCOc1ccccc1CCC(=O)NC1CCN(Cc2cccc(OC)c2)CC1. The molecule has 1 heterocycles. The zero-order valence-electron chi connectivity index (χ0n) is 17.5. The van der Waals surface area contributed by atoms with Crippen LogP contribution in [0.4, 0.5) is 0 Å². The van der Waals surface area contributed by atoms with E-state index < -0.39 is 0 Å². The van der Waals surface area contributed by atoms with Crippen LogP contribution < -0.4 is 14.8 Å². The summed E-state index contributed by atoms with van der Waals surface area (Å²) < 4.78 is 11.0. The zero-order chi connectivity index (χ0) is 20.5. The molecule has 29 heavy (non-hydrogen) atoms. The molecule has 5 heteroatoms. The lowest BCUT2D eigenvalue weighted by atomic mass is 10.0. The Bertz CT molecular complexity index is 785. The van der Waals surface area contributed by atoms with E-state index >= 15 is 0 Å². The third-order valence-corrected chi connectivity index (χ3v) is 5.39. The fourth-order valence-electron chi connectivity index (χ4n) is 3.82. The number of carbonyl (C=O) groups is 1. The number of nitrogens with one attached hydrogen (secondary N) is 1. The average molecular weight is 397 g/mol. The van der Waals surface area contributed by atoms with Crippen LogP contribution in [0, 0.1) is 0 Å². The number of hydrogen-bond donors (Lipinski definition) is 1. The van der Waals surface area contributed by atoms with Gasteiger partial charge in [0.25, 0.3) is 0 Å². The van der Waals surface area contributed by atoms with Gasteiger partial charge >= 0.3 is 0 Å². The van der Waals surface area contributed by atoms with Gasteiger partial charge in [-0.15, -0.1) is 0 Å². The maximum atomic E-state index is 12.4. The molecule has 5 nitrogen and oxygen atoms in total. The van der Waals surface area contributed by atoms with Gasteiger partial charge in [0, 0.05) is 32.1 Å². The predicted octanol–water partition coefficient (Wildman–Crippen LogP) is 3.81. The Morgan fingerprint density at radius 3 is 2.69 bits per heavy atom. The Morgan fingerprint density at radius 1 is 1.14 bits per heavy atom. The lowest BCUT2D eigenvalue weighted by molar-refractivity contribution is -0.122. The molecule has 1 N–H and O–H groups in total. The third kappa shape index (κ3) is 6.50. The molecule has 0 aliphatic carbocycles. The van der Waals surface area contributed by atoms with Gasteiger partial charge in [0.2, 0.25) is 5.91 Å². The number of benzene rings is 2. The van der Waals surface area contributed by atoms with Crippen LogP contribution in [0.1, 0.15) is 37.3 Å². The summed E-state index contributed by atoms with van der Waals surface area (Å²) in [6, 6.07) is 16.5. The molecule has 0 bridgehead atoms. The molecule has 156 valence electrons. The highest BCUT2D eigenvalue weighted by atomic mass is 16.5. The summed E-state index contributed by atoms with van der Waals surface area (Å²) in [6.45, 7) is 5.53. The summed E-state index contributed by atoms with van der Waals surface area (Å²) in [7, 11) is 1.70. The highest BCUT2D eigenvalue weighted by Gasteiger charge is 2.21. The first-order chi connectivity index (χ1) is 14.2. The van der Waals surface area contributed by atoms with Gasteiger partial charge in [0.05, 0.1) is 13.7 Å². The molecule has 0 aromatic heterocycles. The summed E-state index contributed by atoms with van der Waals surface area (Å²) >= 11 is 0. The number of rotatable bonds is 9. The molecule has 0 saturated carbocycles. The lowest BCUT2D eigenvalue weighted by Crippen LogP contribution is -2.44. The second-order valence-electron chi connectivity index (χ2n) is 7.51. The van der Waals surface area contributed by atoms with Gasteiger partial charge in [0.15, 0.2) is 0 Å². The van der Waals surface area contributed by atoms with Crippen LogP contribution in [0.3, 0.4) is 0 Å². The Hall–Kier alpha value is -2.53. The minimum Gasteiger partial charge on any atom is -0.497 e. The fraction of sp³-hybridized carbons (Fsp3) is 0.458. The van der Waals surface area contributed by atoms with Crippen molar-refractivity contribution < 1.29 is 14.3 Å². The molecule has 1 aliphatic rings. The molecule has 1 aliphatic heterocycles. The number of ether oxygens (including phenoxy) is 2. The molecule has 0 unspecified atom stereocenters. The Morgan fingerprint density at radius 2 is 1.93 bits per heavy atom. The topological polar surface area (TPSA) is 50.8 Å². The fourth-order valence-corrected chi connectivity index (χ4v) is 3.82. The van der Waals surface area contributed by atoms with Crippen LogP contribution in [0.2, 0.25) is 0 Å². The van der Waals surface area contributed by atoms with Crippen molar-refractivity contribution in [3.05, 3.63) is 59.7 Å². The van der Waals surface area contributed by atoms with Gasteiger partial charge in [0.1, 0.15) is 11.5 Å². The largest absolute Gasteiger partial charge is 0.497 e. The molecule has 0 radical (unpaired) electrons. The van der Waals surface area contributed by atoms with E-state index in [0.29, 0.717) is 19.4 Å². The van der Waals surface area contributed by atoms with Crippen LogP contribution in [-0.4, -0.2) is 43.7 Å². The van der Waals surface area contributed by atoms with Gasteiger partial charge in [-0.2, -0.15) is 0 Å². The molecule has 2 aromatic rings. The Balaban J connectivity index is 1.40. The first-order valence-electron chi connectivity index (χ1n) is 10.5. The highest BCUT2D eigenvalue weighted by Crippen LogP contribution is 2.20. The van der Waals surface area contributed by atoms with Crippen molar-refractivity contribution in [1.82, 2.24) is 10.2 Å². The standard InChI is InChI=1S/C24H32N2O3/c1-3-29-23-10-5-4-8-20(23)11-12-24(27)25-21-13-15-26(16-14-21)18-19-7-6-9-22(17-19)28-2/h4-10,17,21H,3,11-16,18H2,1-2H3,(H,25,27). The van der Waals surface area contributed by atoms with E-state index in [1.54, 1.807) is 7.11 Å². The van der Waals surface area contributed by atoms with Gasteiger partial charge in [-0.05, 0) is 55.5 Å². The summed E-state index contributed by atoms with van der Waals surface area (Å²) in [5.41, 5.74) is 2.36. The lowest BCUT2D eigenvalue weighted by Gasteiger charge is -2.32. The van der Waals surface area contributed by atoms with Crippen molar-refractivity contribution in [2.45, 2.75) is 45.2 Å². The van der Waals surface area contributed by atoms with Crippen LogP contribution >= 0.6 is 0 Å². The quantitative estimate of drug-likeness (QED) is 0.700. The number of hydrogen-bond acceptors (Lipinski definition) is 4. The number of aryl methyl sites for hydroxylation is 1. The summed E-state index contributed by atoms with van der Waals surface area (Å²) in [4.78, 5) is 14.9. The second-order valence-corrected chi connectivity index (χ2v) is 7.51. The number of para-hydroxylation sites is 1. The van der Waals surface area contributed by atoms with Gasteiger partial charge in [-0.25, -0.2) is 0 Å². The van der Waals surface area contributed by atoms with E-state index in [0.717, 1.165) is 49.5 Å². The van der Waals surface area contributed by atoms with Crippen LogP contribution in [0.25, 0.3) is 0 Å². The molecular formula is C24H32N2O3. The average Bonchev–Trinajstić information content (AvgIpc) is 2.75. The summed E-state index contributed by atoms with van der Waals surface area (Å²) in [5.74, 6) is 1.91. The minimum atomic E-state index is 0.127. The molecular weight excluding hydrogens is 364 g/mol. The number of carbonyl (C=O) groups excluding carboxylic acids is 1. The van der Waals surface area contributed by atoms with Crippen molar-refractivity contribution in [2.24, 2.45) is 0 Å². The van der Waals surface area contributed by atoms with Crippen LogP contribution in [0.5, 0.6) is 11.5 Å². The van der Waals surface area contributed by atoms with Crippen molar-refractivity contribution in [3.63, 3.8) is 0 Å². The first kappa shape index (κ1) is 21.2. The van der Waals surface area contributed by atoms with Crippen molar-refractivity contribution in [3.8, 4) is 11.5 Å². The van der Waals surface area contributed by atoms with E-state index in [9.17, 15) is 4.79 Å². The minimum absolute atomic E-state index is 0.127. The highest BCUT2D eigenvalue weighted by molar-refractivity contribution is 5.76. The third-order valence-electron chi connectivity index (χ3n) is 5.39. The number of methoxy groups -OCH3 is 1. The number of piperidine rings is 1. The maximum absolute atomic E-state index is 12.4. The van der Waals surface area contributed by atoms with E-state index in [1.165, 1.54) is 5.56 Å². The first-order valence-corrected chi connectivity index (χ1v) is 10.5. The van der Waals surface area contributed by atoms with E-state index in [4.69, 9.17) is 9.47 Å². The molecule has 1 saturated heterocycles. The molecule has 0 atom stereocenters. The normalized spacial score (nSPS) is 15.1. The van der Waals surface area contributed by atoms with E-state index in [-0.39, 0.29) is 11.9 Å². The molecule has 1 amide bonds. The van der Waals surface area contributed by atoms with Crippen molar-refractivity contribution in [2.75, 3.05) is 26.8 Å². The predicted molar refractivity (Wildman–Crippen MR) is 115 cm³/mol. The number of amides is 1. The van der Waals surface area contributed by atoms with Gasteiger partial charge < -0.3 is 14.8 Å². The van der Waals surface area contributed by atoms with Crippen molar-refractivity contribution >= 4 is 5.91 Å². The molecule has 0 spiro atoms. The second kappa shape index (κ2) is 10.9. The van der Waals surface area contributed by atoms with E-state index in [1.807, 2.05) is 43.3 Å².